The molecule has 1 N–H and O–H groups in total. The molecule has 0 bridgehead atoms. The number of nitrogens with zero attached hydrogens (tertiary/aromatic N) is 1. The van der Waals surface area contributed by atoms with Crippen LogP contribution < -0.4 is 19.5 Å². The van der Waals surface area contributed by atoms with Crippen LogP contribution in [0.1, 0.15) is 15.9 Å². The van der Waals surface area contributed by atoms with Gasteiger partial charge in [-0.25, -0.2) is 4.98 Å². The number of halogens is 4. The van der Waals surface area contributed by atoms with Gasteiger partial charge in [0.15, 0.2) is 11.5 Å². The summed E-state index contributed by atoms with van der Waals surface area (Å²) in [7, 11) is 4.44. The molecular weight excluding hydrogens is 497 g/mol. The first-order valence-corrected chi connectivity index (χ1v) is 10.9. The van der Waals surface area contributed by atoms with Gasteiger partial charge in [-0.1, -0.05) is 29.8 Å². The first-order valence-electron chi connectivity index (χ1n) is 10.5. The smallest absolute Gasteiger partial charge is 0.416 e. The minimum absolute atomic E-state index is 0.0282. The van der Waals surface area contributed by atoms with Crippen molar-refractivity contribution in [2.24, 2.45) is 0 Å². The average Bonchev–Trinajstić information content (AvgIpc) is 2.87. The molecular formula is C26H20ClF3N2O4. The Morgan fingerprint density at radius 2 is 1.58 bits per heavy atom. The molecule has 186 valence electrons. The Hall–Kier alpha value is -3.98. The molecule has 1 amide bonds. The minimum atomic E-state index is -4.59. The van der Waals surface area contributed by atoms with Crippen molar-refractivity contribution < 1.29 is 32.2 Å². The number of carbonyl (C=O) groups excluding carboxylic acids is 1. The van der Waals surface area contributed by atoms with Crippen molar-refractivity contribution in [3.63, 3.8) is 0 Å². The summed E-state index contributed by atoms with van der Waals surface area (Å²) in [4.78, 5) is 18.0. The molecule has 0 atom stereocenters. The fraction of sp³-hybridized carbons (Fsp3) is 0.154. The van der Waals surface area contributed by atoms with E-state index in [1.165, 1.54) is 21.3 Å². The molecule has 36 heavy (non-hydrogen) atoms. The average molecular weight is 517 g/mol. The van der Waals surface area contributed by atoms with Crippen LogP contribution in [0.2, 0.25) is 5.02 Å². The van der Waals surface area contributed by atoms with E-state index < -0.39 is 17.6 Å². The second-order valence-corrected chi connectivity index (χ2v) is 8.04. The summed E-state index contributed by atoms with van der Waals surface area (Å²) in [6.45, 7) is 0. The van der Waals surface area contributed by atoms with Gasteiger partial charge in [0.25, 0.3) is 5.91 Å². The normalized spacial score (nSPS) is 11.3. The van der Waals surface area contributed by atoms with Crippen LogP contribution in [0.25, 0.3) is 22.2 Å². The van der Waals surface area contributed by atoms with Crippen molar-refractivity contribution in [1.82, 2.24) is 4.98 Å². The Balaban J connectivity index is 1.83. The van der Waals surface area contributed by atoms with Crippen molar-refractivity contribution >= 4 is 34.1 Å². The van der Waals surface area contributed by atoms with Gasteiger partial charge in [-0.3, -0.25) is 4.79 Å². The third-order valence-electron chi connectivity index (χ3n) is 5.46. The Morgan fingerprint density at radius 1 is 0.917 bits per heavy atom. The van der Waals surface area contributed by atoms with E-state index in [4.69, 9.17) is 25.8 Å². The molecule has 0 aliphatic heterocycles. The number of anilines is 1. The summed E-state index contributed by atoms with van der Waals surface area (Å²) in [5, 5.41) is 2.99. The van der Waals surface area contributed by atoms with Crippen molar-refractivity contribution in [1.29, 1.82) is 0 Å². The Kier molecular flexibility index (Phi) is 6.94. The van der Waals surface area contributed by atoms with Gasteiger partial charge in [0, 0.05) is 10.9 Å². The van der Waals surface area contributed by atoms with E-state index in [0.717, 1.165) is 18.2 Å². The quantitative estimate of drug-likeness (QED) is 0.303. The topological polar surface area (TPSA) is 69.7 Å². The maximum atomic E-state index is 13.3. The Morgan fingerprint density at radius 3 is 2.19 bits per heavy atom. The molecule has 0 aliphatic rings. The van der Waals surface area contributed by atoms with Crippen molar-refractivity contribution in [2.75, 3.05) is 26.6 Å². The SMILES string of the molecule is COc1cc(-c2cc(C(=O)Nc3cc(C(F)(F)F)ccc3Cl)c3ccccc3n2)cc(OC)c1OC. The number of aromatic nitrogens is 1. The minimum Gasteiger partial charge on any atom is -0.493 e. The molecule has 1 heterocycles. The lowest BCUT2D eigenvalue weighted by Gasteiger charge is -2.16. The number of benzene rings is 3. The van der Waals surface area contributed by atoms with Gasteiger partial charge in [0.1, 0.15) is 0 Å². The summed E-state index contributed by atoms with van der Waals surface area (Å²) < 4.78 is 55.8. The lowest BCUT2D eigenvalue weighted by atomic mass is 10.0. The fourth-order valence-electron chi connectivity index (χ4n) is 3.73. The molecule has 0 unspecified atom stereocenters. The second-order valence-electron chi connectivity index (χ2n) is 7.63. The Labute approximate surface area is 209 Å². The summed E-state index contributed by atoms with van der Waals surface area (Å²) in [6, 6.07) is 14.6. The molecule has 6 nitrogen and oxygen atoms in total. The molecule has 0 fully saturated rings. The monoisotopic (exact) mass is 516 g/mol. The van der Waals surface area contributed by atoms with E-state index in [-0.39, 0.29) is 16.3 Å². The van der Waals surface area contributed by atoms with Gasteiger partial charge in [0.2, 0.25) is 5.75 Å². The number of alkyl halides is 3. The highest BCUT2D eigenvalue weighted by Crippen LogP contribution is 2.41. The van der Waals surface area contributed by atoms with Gasteiger partial charge < -0.3 is 19.5 Å². The van der Waals surface area contributed by atoms with E-state index in [1.807, 2.05) is 0 Å². The molecule has 0 spiro atoms. The van der Waals surface area contributed by atoms with Crippen molar-refractivity contribution in [2.45, 2.75) is 6.18 Å². The zero-order chi connectivity index (χ0) is 26.0. The summed E-state index contributed by atoms with van der Waals surface area (Å²) >= 11 is 6.08. The van der Waals surface area contributed by atoms with Crippen LogP contribution >= 0.6 is 11.6 Å². The number of fused-ring (bicyclic) bond motifs is 1. The molecule has 0 aliphatic carbocycles. The number of amides is 1. The van der Waals surface area contributed by atoms with E-state index in [2.05, 4.69) is 10.3 Å². The maximum Gasteiger partial charge on any atom is 0.416 e. The van der Waals surface area contributed by atoms with Crippen molar-refractivity contribution in [3.05, 3.63) is 76.8 Å². The molecule has 4 aromatic rings. The fourth-order valence-corrected chi connectivity index (χ4v) is 3.89. The molecule has 0 saturated carbocycles. The van der Waals surface area contributed by atoms with Gasteiger partial charge in [0.05, 0.1) is 54.4 Å². The highest BCUT2D eigenvalue weighted by Gasteiger charge is 2.31. The van der Waals surface area contributed by atoms with Gasteiger partial charge >= 0.3 is 6.18 Å². The molecule has 1 aromatic heterocycles. The van der Waals surface area contributed by atoms with Crippen LogP contribution in [0.4, 0.5) is 18.9 Å². The Bertz CT molecular complexity index is 1430. The molecule has 0 saturated heterocycles. The van der Waals surface area contributed by atoms with Gasteiger partial charge in [-0.05, 0) is 42.5 Å². The highest BCUT2D eigenvalue weighted by molar-refractivity contribution is 6.34. The third kappa shape index (κ3) is 4.87. The number of methoxy groups -OCH3 is 3. The van der Waals surface area contributed by atoms with Crippen molar-refractivity contribution in [3.8, 4) is 28.5 Å². The number of hydrogen-bond donors (Lipinski definition) is 1. The number of carbonyl (C=O) groups is 1. The molecule has 0 radical (unpaired) electrons. The predicted octanol–water partition coefficient (Wildman–Crippen LogP) is 6.85. The van der Waals surface area contributed by atoms with E-state index in [1.54, 1.807) is 42.5 Å². The van der Waals surface area contributed by atoms with E-state index >= 15 is 0 Å². The first kappa shape index (κ1) is 25.1. The number of rotatable bonds is 6. The van der Waals surface area contributed by atoms with Crippen LogP contribution in [0.15, 0.2) is 60.7 Å². The maximum absolute atomic E-state index is 13.3. The standard InChI is InChI=1S/C26H20ClF3N2O4/c1-34-22-10-14(11-23(35-2)24(22)36-3)20-13-17(16-6-4-5-7-19(16)31-20)25(33)32-21-12-15(26(28,29)30)8-9-18(21)27/h4-13H,1-3H3,(H,32,33). The lowest BCUT2D eigenvalue weighted by molar-refractivity contribution is -0.137. The third-order valence-corrected chi connectivity index (χ3v) is 5.79. The molecule has 4 rings (SSSR count). The number of pyridine rings is 1. The van der Waals surface area contributed by atoms with Crippen LogP contribution in [-0.4, -0.2) is 32.2 Å². The van der Waals surface area contributed by atoms with Gasteiger partial charge in [-0.15, -0.1) is 0 Å². The first-order chi connectivity index (χ1) is 17.2. The summed E-state index contributed by atoms with van der Waals surface area (Å²) in [5.41, 5.74) is 0.586. The summed E-state index contributed by atoms with van der Waals surface area (Å²) in [6.07, 6.45) is -4.59. The molecule has 3 aromatic carbocycles. The van der Waals surface area contributed by atoms with E-state index in [9.17, 15) is 18.0 Å². The zero-order valence-corrected chi connectivity index (χ0v) is 20.1. The van der Waals surface area contributed by atoms with E-state index in [0.29, 0.717) is 39.4 Å². The number of nitrogens with one attached hydrogen (secondary N) is 1. The lowest BCUT2D eigenvalue weighted by Crippen LogP contribution is -2.14. The molecule has 10 heteroatoms. The van der Waals surface area contributed by atoms with Crippen LogP contribution in [0.3, 0.4) is 0 Å². The predicted molar refractivity (Wildman–Crippen MR) is 131 cm³/mol. The number of hydrogen-bond acceptors (Lipinski definition) is 5. The van der Waals surface area contributed by atoms with Gasteiger partial charge in [-0.2, -0.15) is 13.2 Å². The second kappa shape index (κ2) is 9.94. The highest BCUT2D eigenvalue weighted by atomic mass is 35.5. The number of para-hydroxylation sites is 1. The number of ether oxygens (including phenoxy) is 3. The largest absolute Gasteiger partial charge is 0.493 e. The van der Waals surface area contributed by atoms with Crippen LogP contribution in [0.5, 0.6) is 17.2 Å². The summed E-state index contributed by atoms with van der Waals surface area (Å²) in [5.74, 6) is 0.525. The van der Waals surface area contributed by atoms with Crippen LogP contribution in [-0.2, 0) is 6.18 Å². The van der Waals surface area contributed by atoms with Crippen LogP contribution in [0, 0.1) is 0 Å². The zero-order valence-electron chi connectivity index (χ0n) is 19.4.